The summed E-state index contributed by atoms with van der Waals surface area (Å²) in [6.07, 6.45) is 0. The number of pyridine rings is 1. The van der Waals surface area contributed by atoms with Crippen LogP contribution in [0.1, 0.15) is 21.6 Å². The second kappa shape index (κ2) is 6.85. The number of hydrogen-bond acceptors (Lipinski definition) is 2. The van der Waals surface area contributed by atoms with Gasteiger partial charge in [0.2, 0.25) is 0 Å². The first-order valence-corrected chi connectivity index (χ1v) is 8.03. The molecule has 0 unspecified atom stereocenters. The maximum absolute atomic E-state index is 12.5. The number of anilines is 1. The van der Waals surface area contributed by atoms with Crippen LogP contribution in [0.5, 0.6) is 0 Å². The lowest BCUT2D eigenvalue weighted by atomic mass is 10.1. The quantitative estimate of drug-likeness (QED) is 0.707. The number of hydrogen-bond donors (Lipinski definition) is 1. The average molecular weight is 337 g/mol. The molecule has 0 fully saturated rings. The Morgan fingerprint density at radius 3 is 2.42 bits per heavy atom. The fourth-order valence-corrected chi connectivity index (χ4v) is 2.76. The minimum Gasteiger partial charge on any atom is -0.321 e. The lowest BCUT2D eigenvalue weighted by Gasteiger charge is -2.10. The van der Waals surface area contributed by atoms with Gasteiger partial charge in [-0.05, 0) is 43.7 Å². The van der Waals surface area contributed by atoms with E-state index < -0.39 is 0 Å². The lowest BCUT2D eigenvalue weighted by molar-refractivity contribution is 0.102. The van der Waals surface area contributed by atoms with E-state index in [2.05, 4.69) is 10.3 Å². The van der Waals surface area contributed by atoms with E-state index in [0.29, 0.717) is 22.0 Å². The molecule has 0 aliphatic rings. The summed E-state index contributed by atoms with van der Waals surface area (Å²) in [4.78, 5) is 17.1. The first-order chi connectivity index (χ1) is 11.5. The molecule has 0 atom stereocenters. The van der Waals surface area contributed by atoms with Gasteiger partial charge in [-0.3, -0.25) is 9.78 Å². The van der Waals surface area contributed by atoms with Gasteiger partial charge in [0.1, 0.15) is 0 Å². The van der Waals surface area contributed by atoms with Crippen LogP contribution >= 0.6 is 11.6 Å². The molecule has 0 saturated heterocycles. The molecular weight excluding hydrogens is 320 g/mol. The predicted octanol–water partition coefficient (Wildman–Crippen LogP) is 5.27. The minimum absolute atomic E-state index is 0.217. The van der Waals surface area contributed by atoms with Crippen molar-refractivity contribution in [3.8, 4) is 11.3 Å². The highest BCUT2D eigenvalue weighted by atomic mass is 35.5. The zero-order chi connectivity index (χ0) is 17.1. The molecule has 0 aliphatic carbocycles. The van der Waals surface area contributed by atoms with E-state index in [1.165, 1.54) is 0 Å². The van der Waals surface area contributed by atoms with Crippen LogP contribution in [0.15, 0.2) is 60.7 Å². The summed E-state index contributed by atoms with van der Waals surface area (Å²) in [5, 5.41) is 3.37. The number of benzene rings is 2. The summed E-state index contributed by atoms with van der Waals surface area (Å²) in [6, 6.07) is 19.1. The van der Waals surface area contributed by atoms with E-state index in [-0.39, 0.29) is 5.91 Å². The van der Waals surface area contributed by atoms with Crippen LogP contribution in [0, 0.1) is 13.8 Å². The Morgan fingerprint density at radius 1 is 1.00 bits per heavy atom. The normalized spacial score (nSPS) is 10.5. The Labute approximate surface area is 146 Å². The average Bonchev–Trinajstić information content (AvgIpc) is 2.58. The Morgan fingerprint density at radius 2 is 1.75 bits per heavy atom. The zero-order valence-corrected chi connectivity index (χ0v) is 14.3. The van der Waals surface area contributed by atoms with Gasteiger partial charge < -0.3 is 5.32 Å². The van der Waals surface area contributed by atoms with Crippen molar-refractivity contribution in [1.29, 1.82) is 0 Å². The molecule has 1 N–H and O–H groups in total. The third-order valence-electron chi connectivity index (χ3n) is 3.77. The number of carbonyl (C=O) groups is 1. The highest BCUT2D eigenvalue weighted by molar-refractivity contribution is 6.34. The van der Waals surface area contributed by atoms with Crippen LogP contribution in [0.2, 0.25) is 5.02 Å². The van der Waals surface area contributed by atoms with Crippen molar-refractivity contribution in [2.45, 2.75) is 13.8 Å². The SMILES string of the molecule is Cc1ccc(NC(=O)c2ccc(-c3ccccc3)nc2C)c(Cl)c1. The Bertz CT molecular complexity index is 891. The summed E-state index contributed by atoms with van der Waals surface area (Å²) in [5.74, 6) is -0.217. The van der Waals surface area contributed by atoms with Gasteiger partial charge in [-0.1, -0.05) is 48.0 Å². The number of nitrogens with one attached hydrogen (secondary N) is 1. The number of amides is 1. The number of nitrogens with zero attached hydrogens (tertiary/aromatic N) is 1. The van der Waals surface area contributed by atoms with Gasteiger partial charge in [0, 0.05) is 5.56 Å². The summed E-state index contributed by atoms with van der Waals surface area (Å²) >= 11 is 6.18. The monoisotopic (exact) mass is 336 g/mol. The molecule has 0 radical (unpaired) electrons. The lowest BCUT2D eigenvalue weighted by Crippen LogP contribution is -2.14. The van der Waals surface area contributed by atoms with E-state index in [9.17, 15) is 4.79 Å². The van der Waals surface area contributed by atoms with Crippen LogP contribution in [0.4, 0.5) is 5.69 Å². The van der Waals surface area contributed by atoms with Crippen LogP contribution in [0.3, 0.4) is 0 Å². The maximum atomic E-state index is 12.5. The number of halogens is 1. The molecule has 3 aromatic rings. The summed E-state index contributed by atoms with van der Waals surface area (Å²) in [7, 11) is 0. The number of aryl methyl sites for hydroxylation is 2. The van der Waals surface area contributed by atoms with Gasteiger partial charge in [0.05, 0.1) is 27.7 Å². The van der Waals surface area contributed by atoms with Crippen molar-refractivity contribution < 1.29 is 4.79 Å². The van der Waals surface area contributed by atoms with E-state index in [1.54, 1.807) is 12.1 Å². The molecule has 0 saturated carbocycles. The molecule has 3 nitrogen and oxygen atoms in total. The standard InChI is InChI=1S/C20H17ClN2O/c1-13-8-10-19(17(21)12-13)23-20(24)16-9-11-18(22-14(16)2)15-6-4-3-5-7-15/h3-12H,1-2H3,(H,23,24). The molecule has 1 amide bonds. The fourth-order valence-electron chi connectivity index (χ4n) is 2.48. The zero-order valence-electron chi connectivity index (χ0n) is 13.5. The number of rotatable bonds is 3. The fraction of sp³-hybridized carbons (Fsp3) is 0.100. The van der Waals surface area contributed by atoms with Crippen molar-refractivity contribution in [1.82, 2.24) is 4.98 Å². The maximum Gasteiger partial charge on any atom is 0.257 e. The van der Waals surface area contributed by atoms with Crippen LogP contribution in [-0.2, 0) is 0 Å². The van der Waals surface area contributed by atoms with Crippen LogP contribution in [0.25, 0.3) is 11.3 Å². The van der Waals surface area contributed by atoms with Crippen molar-refractivity contribution >= 4 is 23.2 Å². The topological polar surface area (TPSA) is 42.0 Å². The summed E-state index contributed by atoms with van der Waals surface area (Å²) in [5.41, 5.74) is 4.72. The molecule has 3 rings (SSSR count). The number of carbonyl (C=O) groups excluding carboxylic acids is 1. The van der Waals surface area contributed by atoms with Gasteiger partial charge in [-0.2, -0.15) is 0 Å². The second-order valence-corrected chi connectivity index (χ2v) is 6.04. The molecule has 24 heavy (non-hydrogen) atoms. The summed E-state index contributed by atoms with van der Waals surface area (Å²) in [6.45, 7) is 3.78. The molecule has 1 heterocycles. The first-order valence-electron chi connectivity index (χ1n) is 7.65. The second-order valence-electron chi connectivity index (χ2n) is 5.63. The van der Waals surface area contributed by atoms with Crippen molar-refractivity contribution in [3.05, 3.63) is 82.5 Å². The molecule has 4 heteroatoms. The highest BCUT2D eigenvalue weighted by Crippen LogP contribution is 2.24. The molecule has 0 aliphatic heterocycles. The molecular formula is C20H17ClN2O. The Kier molecular flexibility index (Phi) is 4.63. The molecule has 0 spiro atoms. The predicted molar refractivity (Wildman–Crippen MR) is 98.6 cm³/mol. The smallest absolute Gasteiger partial charge is 0.257 e. The van der Waals surface area contributed by atoms with Gasteiger partial charge in [-0.25, -0.2) is 0 Å². The Balaban J connectivity index is 1.85. The van der Waals surface area contributed by atoms with E-state index in [0.717, 1.165) is 16.8 Å². The summed E-state index contributed by atoms with van der Waals surface area (Å²) < 4.78 is 0. The van der Waals surface area contributed by atoms with Crippen LogP contribution < -0.4 is 5.32 Å². The largest absolute Gasteiger partial charge is 0.321 e. The van der Waals surface area contributed by atoms with Crippen molar-refractivity contribution in [2.24, 2.45) is 0 Å². The number of aromatic nitrogens is 1. The molecule has 1 aromatic heterocycles. The third kappa shape index (κ3) is 3.47. The van der Waals surface area contributed by atoms with Crippen molar-refractivity contribution in [3.63, 3.8) is 0 Å². The Hall–Kier alpha value is -2.65. The van der Waals surface area contributed by atoms with E-state index in [1.807, 2.05) is 62.4 Å². The molecule has 2 aromatic carbocycles. The third-order valence-corrected chi connectivity index (χ3v) is 4.09. The van der Waals surface area contributed by atoms with Gasteiger partial charge in [0.15, 0.2) is 0 Å². The minimum atomic E-state index is -0.217. The molecule has 0 bridgehead atoms. The highest BCUT2D eigenvalue weighted by Gasteiger charge is 2.13. The van der Waals surface area contributed by atoms with E-state index >= 15 is 0 Å². The first kappa shape index (κ1) is 16.2. The van der Waals surface area contributed by atoms with E-state index in [4.69, 9.17) is 11.6 Å². The van der Waals surface area contributed by atoms with Gasteiger partial charge in [-0.15, -0.1) is 0 Å². The van der Waals surface area contributed by atoms with Gasteiger partial charge >= 0.3 is 0 Å². The molecule has 120 valence electrons. The van der Waals surface area contributed by atoms with Crippen LogP contribution in [-0.4, -0.2) is 10.9 Å². The van der Waals surface area contributed by atoms with Crippen molar-refractivity contribution in [2.75, 3.05) is 5.32 Å². The van der Waals surface area contributed by atoms with Gasteiger partial charge in [0.25, 0.3) is 5.91 Å².